The van der Waals surface area contributed by atoms with E-state index in [1.807, 2.05) is 36.4 Å². The van der Waals surface area contributed by atoms with E-state index in [0.29, 0.717) is 18.0 Å². The summed E-state index contributed by atoms with van der Waals surface area (Å²) in [5, 5.41) is 6.72. The Morgan fingerprint density at radius 1 is 0.957 bits per heavy atom. The smallest absolute Gasteiger partial charge is 0.241 e. The molecule has 3 nitrogen and oxygen atoms in total. The molecule has 0 bridgehead atoms. The lowest BCUT2D eigenvalue weighted by atomic mass is 10.1. The molecule has 0 aliphatic heterocycles. The minimum atomic E-state index is -0.254. The average Bonchev–Trinajstić information content (AvgIpc) is 3.50. The zero-order chi connectivity index (χ0) is 15.6. The second kappa shape index (κ2) is 6.17. The molecule has 2 fully saturated rings. The number of carbonyl (C=O) groups is 1. The van der Waals surface area contributed by atoms with Crippen LogP contribution in [0.1, 0.15) is 42.3 Å². The maximum atomic E-state index is 12.6. The summed E-state index contributed by atoms with van der Waals surface area (Å²) >= 11 is 0. The lowest BCUT2D eigenvalue weighted by Gasteiger charge is -2.19. The van der Waals surface area contributed by atoms with Crippen LogP contribution in [-0.2, 0) is 4.79 Å². The summed E-state index contributed by atoms with van der Waals surface area (Å²) in [6.07, 6.45) is 3.33. The van der Waals surface area contributed by atoms with Crippen molar-refractivity contribution in [2.75, 3.05) is 0 Å². The molecule has 0 aromatic heterocycles. The van der Waals surface area contributed by atoms with Crippen LogP contribution in [-0.4, -0.2) is 18.0 Å². The van der Waals surface area contributed by atoms with Gasteiger partial charge in [-0.25, -0.2) is 0 Å². The van der Waals surface area contributed by atoms with Gasteiger partial charge in [0.2, 0.25) is 5.91 Å². The predicted molar refractivity (Wildman–Crippen MR) is 91.1 cm³/mol. The highest BCUT2D eigenvalue weighted by molar-refractivity contribution is 5.83. The summed E-state index contributed by atoms with van der Waals surface area (Å²) in [5.41, 5.74) is 2.41. The molecule has 2 aromatic rings. The third-order valence-electron chi connectivity index (χ3n) is 4.72. The molecule has 4 rings (SSSR count). The molecule has 2 aliphatic rings. The molecule has 2 saturated carbocycles. The first kappa shape index (κ1) is 14.5. The number of hydrogen-bond acceptors (Lipinski definition) is 2. The zero-order valence-corrected chi connectivity index (χ0v) is 13.1. The molecule has 2 aromatic carbocycles. The largest absolute Gasteiger partial charge is 0.352 e. The molecule has 2 aliphatic carbocycles. The Labute approximate surface area is 137 Å². The van der Waals surface area contributed by atoms with Gasteiger partial charge in [-0.05, 0) is 30.4 Å². The highest BCUT2D eigenvalue weighted by Gasteiger charge is 2.41. The Kier molecular flexibility index (Phi) is 3.88. The summed E-state index contributed by atoms with van der Waals surface area (Å²) in [7, 11) is 0. The van der Waals surface area contributed by atoms with Gasteiger partial charge < -0.3 is 5.32 Å². The van der Waals surface area contributed by atoms with E-state index in [0.717, 1.165) is 24.8 Å². The molecule has 3 heteroatoms. The van der Waals surface area contributed by atoms with E-state index >= 15 is 0 Å². The summed E-state index contributed by atoms with van der Waals surface area (Å²) in [5.74, 6) is 0.633. The van der Waals surface area contributed by atoms with Crippen LogP contribution in [0.25, 0.3) is 0 Å². The number of benzene rings is 2. The minimum Gasteiger partial charge on any atom is -0.352 e. The van der Waals surface area contributed by atoms with Crippen molar-refractivity contribution in [1.82, 2.24) is 10.6 Å². The summed E-state index contributed by atoms with van der Waals surface area (Å²) in [6, 6.07) is 21.1. The molecule has 0 saturated heterocycles. The van der Waals surface area contributed by atoms with Crippen LogP contribution in [0.15, 0.2) is 60.7 Å². The quantitative estimate of drug-likeness (QED) is 0.861. The summed E-state index contributed by atoms with van der Waals surface area (Å²) < 4.78 is 0. The Bertz CT molecular complexity index is 667. The fraction of sp³-hybridized carbons (Fsp3) is 0.350. The van der Waals surface area contributed by atoms with Crippen molar-refractivity contribution in [2.45, 2.75) is 43.3 Å². The van der Waals surface area contributed by atoms with Crippen molar-refractivity contribution in [1.29, 1.82) is 0 Å². The first-order valence-electron chi connectivity index (χ1n) is 8.47. The molecule has 0 heterocycles. The molecule has 23 heavy (non-hydrogen) atoms. The maximum Gasteiger partial charge on any atom is 0.241 e. The highest BCUT2D eigenvalue weighted by Crippen LogP contribution is 2.42. The molecule has 118 valence electrons. The van der Waals surface area contributed by atoms with Gasteiger partial charge in [0.05, 0.1) is 0 Å². The van der Waals surface area contributed by atoms with Gasteiger partial charge in [-0.2, -0.15) is 0 Å². The normalized spacial score (nSPS) is 24.0. The van der Waals surface area contributed by atoms with E-state index in [2.05, 4.69) is 34.9 Å². The van der Waals surface area contributed by atoms with E-state index in [4.69, 9.17) is 0 Å². The van der Waals surface area contributed by atoms with Crippen molar-refractivity contribution in [3.05, 3.63) is 71.8 Å². The van der Waals surface area contributed by atoms with Crippen LogP contribution < -0.4 is 10.6 Å². The molecule has 2 N–H and O–H groups in total. The monoisotopic (exact) mass is 306 g/mol. The molecule has 0 spiro atoms. The topological polar surface area (TPSA) is 41.1 Å². The second-order valence-electron chi connectivity index (χ2n) is 6.65. The van der Waals surface area contributed by atoms with Gasteiger partial charge in [0.25, 0.3) is 0 Å². The van der Waals surface area contributed by atoms with E-state index in [9.17, 15) is 4.79 Å². The van der Waals surface area contributed by atoms with Crippen molar-refractivity contribution in [2.24, 2.45) is 0 Å². The van der Waals surface area contributed by atoms with Crippen LogP contribution in [0.4, 0.5) is 0 Å². The fourth-order valence-electron chi connectivity index (χ4n) is 3.14. The lowest BCUT2D eigenvalue weighted by Crippen LogP contribution is -2.39. The van der Waals surface area contributed by atoms with Crippen LogP contribution in [0.2, 0.25) is 0 Å². The third-order valence-corrected chi connectivity index (χ3v) is 4.72. The molecule has 0 radical (unpaired) electrons. The number of nitrogens with one attached hydrogen (secondary N) is 2. The molecule has 3 unspecified atom stereocenters. The molecule has 3 atom stereocenters. The Balaban J connectivity index is 1.47. The van der Waals surface area contributed by atoms with Gasteiger partial charge in [0.1, 0.15) is 6.04 Å². The van der Waals surface area contributed by atoms with E-state index < -0.39 is 0 Å². The van der Waals surface area contributed by atoms with E-state index in [-0.39, 0.29) is 11.9 Å². The number of hydrogen-bond donors (Lipinski definition) is 2. The van der Waals surface area contributed by atoms with E-state index in [1.54, 1.807) is 0 Å². The highest BCUT2D eigenvalue weighted by atomic mass is 16.2. The van der Waals surface area contributed by atoms with Crippen molar-refractivity contribution in [3.63, 3.8) is 0 Å². The first-order chi connectivity index (χ1) is 11.3. The van der Waals surface area contributed by atoms with Crippen molar-refractivity contribution in [3.8, 4) is 0 Å². The Morgan fingerprint density at radius 3 is 2.26 bits per heavy atom. The molecule has 1 amide bonds. The van der Waals surface area contributed by atoms with E-state index in [1.165, 1.54) is 5.56 Å². The van der Waals surface area contributed by atoms with Crippen molar-refractivity contribution < 1.29 is 4.79 Å². The van der Waals surface area contributed by atoms with Crippen LogP contribution in [0.3, 0.4) is 0 Å². The molecular weight excluding hydrogens is 284 g/mol. The maximum absolute atomic E-state index is 12.6. The predicted octanol–water partition coefficient (Wildman–Crippen LogP) is 3.15. The first-order valence-corrected chi connectivity index (χ1v) is 8.47. The van der Waals surface area contributed by atoms with Crippen LogP contribution >= 0.6 is 0 Å². The average molecular weight is 306 g/mol. The number of carbonyl (C=O) groups excluding carboxylic acids is 1. The van der Waals surface area contributed by atoms with Crippen LogP contribution in [0.5, 0.6) is 0 Å². The second-order valence-corrected chi connectivity index (χ2v) is 6.65. The standard InChI is InChI=1S/C20H22N2O/c23-20(21-16-11-12-16)19(15-9-5-2-6-10-15)22-18-13-17(18)14-7-3-1-4-8-14/h1-10,16-19,22H,11-13H2,(H,21,23). The van der Waals surface area contributed by atoms with Gasteiger partial charge in [0.15, 0.2) is 0 Å². The SMILES string of the molecule is O=C(NC1CC1)C(NC1CC1c1ccccc1)c1ccccc1. The molecular formula is C20H22N2O. The third kappa shape index (κ3) is 3.45. The lowest BCUT2D eigenvalue weighted by molar-refractivity contribution is -0.123. The van der Waals surface area contributed by atoms with Gasteiger partial charge in [-0.3, -0.25) is 10.1 Å². The van der Waals surface area contributed by atoms with Crippen molar-refractivity contribution >= 4 is 5.91 Å². The summed E-state index contributed by atoms with van der Waals surface area (Å²) in [4.78, 5) is 12.6. The van der Waals surface area contributed by atoms with Gasteiger partial charge in [-0.1, -0.05) is 60.7 Å². The Hall–Kier alpha value is -2.13. The number of amides is 1. The van der Waals surface area contributed by atoms with Gasteiger partial charge in [-0.15, -0.1) is 0 Å². The van der Waals surface area contributed by atoms with Gasteiger partial charge in [0, 0.05) is 18.0 Å². The zero-order valence-electron chi connectivity index (χ0n) is 13.1. The number of rotatable bonds is 6. The minimum absolute atomic E-state index is 0.109. The van der Waals surface area contributed by atoms with Gasteiger partial charge >= 0.3 is 0 Å². The fourth-order valence-corrected chi connectivity index (χ4v) is 3.14. The Morgan fingerprint density at radius 2 is 1.61 bits per heavy atom. The van der Waals surface area contributed by atoms with Crippen LogP contribution in [0, 0.1) is 0 Å². The summed E-state index contributed by atoms with van der Waals surface area (Å²) in [6.45, 7) is 0.